The van der Waals surface area contributed by atoms with Crippen molar-refractivity contribution in [3.05, 3.63) is 28.2 Å². The molecule has 0 fully saturated rings. The van der Waals surface area contributed by atoms with Gasteiger partial charge in [0, 0.05) is 16.6 Å². The molecule has 0 aliphatic heterocycles. The molecule has 0 saturated heterocycles. The second-order valence-electron chi connectivity index (χ2n) is 2.56. The lowest BCUT2D eigenvalue weighted by atomic mass is 10.3. The van der Waals surface area contributed by atoms with Gasteiger partial charge in [0.2, 0.25) is 0 Å². The molecule has 14 heavy (non-hydrogen) atoms. The number of ether oxygens (including phenoxy) is 1. The fourth-order valence-electron chi connectivity index (χ4n) is 0.883. The van der Waals surface area contributed by atoms with Gasteiger partial charge < -0.3 is 10.1 Å². The van der Waals surface area contributed by atoms with E-state index in [1.54, 1.807) is 18.2 Å². The summed E-state index contributed by atoms with van der Waals surface area (Å²) in [5, 5.41) is 4.16. The van der Waals surface area contributed by atoms with E-state index in [4.69, 9.17) is 27.9 Å². The molecule has 0 aromatic heterocycles. The van der Waals surface area contributed by atoms with Gasteiger partial charge in [-0.05, 0) is 25.2 Å². The lowest BCUT2D eigenvalue weighted by molar-refractivity contribution is 0.318. The van der Waals surface area contributed by atoms with Crippen LogP contribution in [0.15, 0.2) is 18.2 Å². The average Bonchev–Trinajstić information content (AvgIpc) is 2.03. The van der Waals surface area contributed by atoms with E-state index in [9.17, 15) is 0 Å². The molecule has 0 saturated carbocycles. The van der Waals surface area contributed by atoms with Crippen molar-refractivity contribution in [3.63, 3.8) is 0 Å². The van der Waals surface area contributed by atoms with Crippen LogP contribution in [0.25, 0.3) is 0 Å². The smallest absolute Gasteiger partial charge is 0.122 e. The highest BCUT2D eigenvalue weighted by Crippen LogP contribution is 2.23. The van der Waals surface area contributed by atoms with Crippen molar-refractivity contribution in [2.45, 2.75) is 0 Å². The minimum Gasteiger partial charge on any atom is -0.492 e. The molecule has 0 heterocycles. The minimum atomic E-state index is 0. The number of halogens is 3. The zero-order valence-corrected chi connectivity index (χ0v) is 10.0. The first-order valence-electron chi connectivity index (χ1n) is 3.96. The maximum atomic E-state index is 5.78. The van der Waals surface area contributed by atoms with Crippen LogP contribution in [0.3, 0.4) is 0 Å². The lowest BCUT2D eigenvalue weighted by Crippen LogP contribution is -2.15. The summed E-state index contributed by atoms with van der Waals surface area (Å²) in [4.78, 5) is 0. The molecule has 0 aliphatic carbocycles. The fourth-order valence-corrected chi connectivity index (χ4v) is 1.39. The summed E-state index contributed by atoms with van der Waals surface area (Å²) in [6.07, 6.45) is 0. The standard InChI is InChI=1S/C9H11Cl2NO.ClH/c1-12-2-3-13-9-5-7(10)4-8(11)6-9;/h4-6,12H,2-3H2,1H3;1H. The molecule has 0 unspecified atom stereocenters. The molecule has 0 radical (unpaired) electrons. The van der Waals surface area contributed by atoms with Gasteiger partial charge in [-0.1, -0.05) is 23.2 Å². The molecular formula is C9H12Cl3NO. The SMILES string of the molecule is CNCCOc1cc(Cl)cc(Cl)c1.Cl. The summed E-state index contributed by atoms with van der Waals surface area (Å²) >= 11 is 11.6. The molecule has 0 bridgehead atoms. The van der Waals surface area contributed by atoms with Crippen LogP contribution in [0.4, 0.5) is 0 Å². The normalized spacial score (nSPS) is 9.36. The second-order valence-corrected chi connectivity index (χ2v) is 3.43. The molecule has 2 nitrogen and oxygen atoms in total. The molecule has 0 atom stereocenters. The third-order valence-corrected chi connectivity index (χ3v) is 1.89. The van der Waals surface area contributed by atoms with E-state index in [-0.39, 0.29) is 12.4 Å². The van der Waals surface area contributed by atoms with Gasteiger partial charge in [-0.25, -0.2) is 0 Å². The van der Waals surface area contributed by atoms with Crippen molar-refractivity contribution >= 4 is 35.6 Å². The van der Waals surface area contributed by atoms with E-state index in [0.717, 1.165) is 6.54 Å². The summed E-state index contributed by atoms with van der Waals surface area (Å²) in [6, 6.07) is 5.15. The van der Waals surface area contributed by atoms with Crippen LogP contribution in [-0.2, 0) is 0 Å². The Hall–Kier alpha value is -0.150. The number of likely N-dealkylation sites (N-methyl/N-ethyl adjacent to an activating group) is 1. The first-order valence-corrected chi connectivity index (χ1v) is 4.71. The lowest BCUT2D eigenvalue weighted by Gasteiger charge is -2.06. The molecule has 5 heteroatoms. The Morgan fingerprint density at radius 1 is 1.21 bits per heavy atom. The van der Waals surface area contributed by atoms with Crippen molar-refractivity contribution in [3.8, 4) is 5.75 Å². The Labute approximate surface area is 99.9 Å². The maximum Gasteiger partial charge on any atom is 0.122 e. The van der Waals surface area contributed by atoms with E-state index >= 15 is 0 Å². The highest BCUT2D eigenvalue weighted by atomic mass is 35.5. The maximum absolute atomic E-state index is 5.78. The predicted molar refractivity (Wildman–Crippen MR) is 63.1 cm³/mol. The summed E-state index contributed by atoms with van der Waals surface area (Å²) < 4.78 is 5.38. The molecule has 1 aromatic carbocycles. The third-order valence-electron chi connectivity index (χ3n) is 1.46. The van der Waals surface area contributed by atoms with Crippen LogP contribution in [0.2, 0.25) is 10.0 Å². The monoisotopic (exact) mass is 255 g/mol. The first kappa shape index (κ1) is 13.8. The molecule has 0 spiro atoms. The zero-order chi connectivity index (χ0) is 9.68. The van der Waals surface area contributed by atoms with Gasteiger partial charge in [0.1, 0.15) is 12.4 Å². The fraction of sp³-hybridized carbons (Fsp3) is 0.333. The molecule has 0 aliphatic rings. The summed E-state index contributed by atoms with van der Waals surface area (Å²) in [5.41, 5.74) is 0. The van der Waals surface area contributed by atoms with Gasteiger partial charge in [-0.2, -0.15) is 0 Å². The van der Waals surface area contributed by atoms with Gasteiger partial charge in [0.15, 0.2) is 0 Å². The largest absolute Gasteiger partial charge is 0.492 e. The van der Waals surface area contributed by atoms with Crippen molar-refractivity contribution in [1.29, 1.82) is 0 Å². The number of hydrogen-bond acceptors (Lipinski definition) is 2. The van der Waals surface area contributed by atoms with E-state index in [1.165, 1.54) is 0 Å². The summed E-state index contributed by atoms with van der Waals surface area (Å²) in [7, 11) is 1.87. The average molecular weight is 257 g/mol. The first-order chi connectivity index (χ1) is 6.22. The Morgan fingerprint density at radius 2 is 1.79 bits per heavy atom. The highest BCUT2D eigenvalue weighted by molar-refractivity contribution is 6.34. The van der Waals surface area contributed by atoms with Crippen LogP contribution in [0.1, 0.15) is 0 Å². The van der Waals surface area contributed by atoms with E-state index < -0.39 is 0 Å². The topological polar surface area (TPSA) is 21.3 Å². The van der Waals surface area contributed by atoms with Crippen molar-refractivity contribution in [1.82, 2.24) is 5.32 Å². The van der Waals surface area contributed by atoms with Crippen molar-refractivity contribution in [2.24, 2.45) is 0 Å². The van der Waals surface area contributed by atoms with E-state index in [1.807, 2.05) is 7.05 Å². The van der Waals surface area contributed by atoms with Crippen molar-refractivity contribution < 1.29 is 4.74 Å². The number of nitrogens with one attached hydrogen (secondary N) is 1. The Balaban J connectivity index is 0.00000169. The third kappa shape index (κ3) is 4.91. The van der Waals surface area contributed by atoms with Gasteiger partial charge in [-0.15, -0.1) is 12.4 Å². The van der Waals surface area contributed by atoms with Gasteiger partial charge in [0.05, 0.1) is 0 Å². The summed E-state index contributed by atoms with van der Waals surface area (Å²) in [5.74, 6) is 0.702. The van der Waals surface area contributed by atoms with Crippen LogP contribution >= 0.6 is 35.6 Å². The summed E-state index contributed by atoms with van der Waals surface area (Å²) in [6.45, 7) is 1.40. The Bertz CT molecular complexity index is 261. The number of benzene rings is 1. The Morgan fingerprint density at radius 3 is 2.29 bits per heavy atom. The molecule has 1 aromatic rings. The van der Waals surface area contributed by atoms with Crippen LogP contribution in [-0.4, -0.2) is 20.2 Å². The predicted octanol–water partition coefficient (Wildman–Crippen LogP) is 3.01. The van der Waals surface area contributed by atoms with Gasteiger partial charge >= 0.3 is 0 Å². The minimum absolute atomic E-state index is 0. The zero-order valence-electron chi connectivity index (χ0n) is 7.72. The van der Waals surface area contributed by atoms with Gasteiger partial charge in [-0.3, -0.25) is 0 Å². The van der Waals surface area contributed by atoms with Gasteiger partial charge in [0.25, 0.3) is 0 Å². The number of hydrogen-bond donors (Lipinski definition) is 1. The van der Waals surface area contributed by atoms with Crippen molar-refractivity contribution in [2.75, 3.05) is 20.2 Å². The van der Waals surface area contributed by atoms with E-state index in [2.05, 4.69) is 5.32 Å². The van der Waals surface area contributed by atoms with Crippen LogP contribution in [0, 0.1) is 0 Å². The second kappa shape index (κ2) is 7.18. The Kier molecular flexibility index (Phi) is 7.11. The molecular weight excluding hydrogens is 244 g/mol. The van der Waals surface area contributed by atoms with Crippen LogP contribution in [0.5, 0.6) is 5.75 Å². The van der Waals surface area contributed by atoms with E-state index in [0.29, 0.717) is 22.4 Å². The highest BCUT2D eigenvalue weighted by Gasteiger charge is 1.98. The molecule has 1 N–H and O–H groups in total. The molecule has 0 amide bonds. The quantitative estimate of drug-likeness (QED) is 0.836. The van der Waals surface area contributed by atoms with Crippen LogP contribution < -0.4 is 10.1 Å². The number of rotatable bonds is 4. The molecule has 80 valence electrons. The molecule has 1 rings (SSSR count).